The smallest absolute Gasteiger partial charge is 0.0312 e. The van der Waals surface area contributed by atoms with Crippen molar-refractivity contribution < 1.29 is 0 Å². The van der Waals surface area contributed by atoms with Gasteiger partial charge in [0, 0.05) is 12.6 Å². The third-order valence-corrected chi connectivity index (χ3v) is 4.29. The molecule has 3 atom stereocenters. The lowest BCUT2D eigenvalue weighted by Crippen LogP contribution is -2.46. The Labute approximate surface area is 80.8 Å². The Morgan fingerprint density at radius 2 is 2.00 bits per heavy atom. The molecule has 0 N–H and O–H groups in total. The Bertz CT molecular complexity index is 221. The van der Waals surface area contributed by atoms with Crippen LogP contribution in [0.3, 0.4) is 0 Å². The van der Waals surface area contributed by atoms with Gasteiger partial charge in [-0.25, -0.2) is 0 Å². The average Bonchev–Trinajstić information content (AvgIpc) is 2.65. The van der Waals surface area contributed by atoms with Crippen molar-refractivity contribution in [2.24, 2.45) is 11.8 Å². The summed E-state index contributed by atoms with van der Waals surface area (Å²) in [5, 5.41) is 0. The molecular weight excluding hydrogens is 158 g/mol. The molecule has 1 saturated carbocycles. The second-order valence-electron chi connectivity index (χ2n) is 4.91. The Kier molecular flexibility index (Phi) is 1.93. The van der Waals surface area contributed by atoms with Crippen molar-refractivity contribution >= 4 is 0 Å². The highest BCUT2D eigenvalue weighted by molar-refractivity contribution is 5.09. The summed E-state index contributed by atoms with van der Waals surface area (Å²) in [5.41, 5.74) is 0. The van der Waals surface area contributed by atoms with Crippen molar-refractivity contribution in [3.8, 4) is 0 Å². The molecule has 0 radical (unpaired) electrons. The average molecular weight is 177 g/mol. The lowest BCUT2D eigenvalue weighted by atomic mass is 9.71. The zero-order valence-corrected chi connectivity index (χ0v) is 8.28. The summed E-state index contributed by atoms with van der Waals surface area (Å²) in [4.78, 5) is 2.67. The second kappa shape index (κ2) is 3.13. The van der Waals surface area contributed by atoms with E-state index < -0.39 is 0 Å². The molecule has 0 amide bonds. The predicted octanol–water partition coefficient (Wildman–Crippen LogP) is 2.44. The first-order valence-electron chi connectivity index (χ1n) is 5.86. The minimum atomic E-state index is 0.832. The molecule has 0 aromatic rings. The summed E-state index contributed by atoms with van der Waals surface area (Å²) in [6, 6.07) is 0.832. The number of piperidine rings is 1. The van der Waals surface area contributed by atoms with E-state index in [4.69, 9.17) is 0 Å². The van der Waals surface area contributed by atoms with Crippen LogP contribution in [0.1, 0.15) is 32.1 Å². The van der Waals surface area contributed by atoms with Crippen molar-refractivity contribution in [2.45, 2.75) is 38.1 Å². The molecule has 1 nitrogen and oxygen atoms in total. The van der Waals surface area contributed by atoms with Crippen molar-refractivity contribution in [3.63, 3.8) is 0 Å². The molecule has 1 saturated heterocycles. The summed E-state index contributed by atoms with van der Waals surface area (Å²) in [6.45, 7) is 2.59. The molecule has 0 aromatic heterocycles. The van der Waals surface area contributed by atoms with Gasteiger partial charge < -0.3 is 0 Å². The Balaban J connectivity index is 1.80. The van der Waals surface area contributed by atoms with E-state index in [1.165, 1.54) is 45.2 Å². The van der Waals surface area contributed by atoms with Gasteiger partial charge in [0.1, 0.15) is 0 Å². The topological polar surface area (TPSA) is 3.24 Å². The molecule has 72 valence electrons. The Morgan fingerprint density at radius 3 is 3.00 bits per heavy atom. The first-order chi connectivity index (χ1) is 6.45. The van der Waals surface area contributed by atoms with E-state index in [0.29, 0.717) is 0 Å². The van der Waals surface area contributed by atoms with Gasteiger partial charge >= 0.3 is 0 Å². The summed E-state index contributed by atoms with van der Waals surface area (Å²) in [7, 11) is 0. The van der Waals surface area contributed by atoms with Gasteiger partial charge in [-0.05, 0) is 31.2 Å². The molecule has 2 aliphatic heterocycles. The summed E-state index contributed by atoms with van der Waals surface area (Å²) >= 11 is 0. The van der Waals surface area contributed by atoms with Crippen LogP contribution < -0.4 is 0 Å². The van der Waals surface area contributed by atoms with E-state index in [-0.39, 0.29) is 0 Å². The number of hydrogen-bond donors (Lipinski definition) is 0. The third-order valence-electron chi connectivity index (χ3n) is 4.29. The maximum absolute atomic E-state index is 2.67. The first kappa shape index (κ1) is 8.05. The summed E-state index contributed by atoms with van der Waals surface area (Å²) in [6.07, 6.45) is 12.3. The molecule has 13 heavy (non-hydrogen) atoms. The Hall–Kier alpha value is -0.300. The highest BCUT2D eigenvalue weighted by atomic mass is 15.2. The Morgan fingerprint density at radius 1 is 1.08 bits per heavy atom. The SMILES string of the molecule is C1=CC2C3CCCCC3CCN2C1. The molecular formula is C12H19N. The fourth-order valence-corrected chi connectivity index (χ4v) is 3.61. The second-order valence-corrected chi connectivity index (χ2v) is 4.91. The normalized spacial score (nSPS) is 44.5. The van der Waals surface area contributed by atoms with Gasteiger partial charge in [-0.15, -0.1) is 0 Å². The van der Waals surface area contributed by atoms with Crippen LogP contribution in [0.25, 0.3) is 0 Å². The highest BCUT2D eigenvalue weighted by Gasteiger charge is 2.38. The maximum atomic E-state index is 2.67. The summed E-state index contributed by atoms with van der Waals surface area (Å²) in [5.74, 6) is 2.08. The fraction of sp³-hybridized carbons (Fsp3) is 0.833. The number of rotatable bonds is 0. The number of fused-ring (bicyclic) bond motifs is 3. The zero-order valence-electron chi connectivity index (χ0n) is 8.28. The van der Waals surface area contributed by atoms with Crippen LogP contribution in [-0.4, -0.2) is 24.0 Å². The van der Waals surface area contributed by atoms with Gasteiger partial charge in [0.25, 0.3) is 0 Å². The van der Waals surface area contributed by atoms with E-state index in [0.717, 1.165) is 17.9 Å². The van der Waals surface area contributed by atoms with Gasteiger partial charge in [-0.3, -0.25) is 4.90 Å². The standard InChI is InChI=1S/C12H19N/c1-2-5-11-10(4-1)7-9-13-8-3-6-12(11)13/h3,6,10-12H,1-2,4-5,7-9H2. The van der Waals surface area contributed by atoms with Crippen LogP contribution >= 0.6 is 0 Å². The first-order valence-corrected chi connectivity index (χ1v) is 5.86. The van der Waals surface area contributed by atoms with Crippen molar-refractivity contribution in [1.82, 2.24) is 4.90 Å². The fourth-order valence-electron chi connectivity index (χ4n) is 3.61. The van der Waals surface area contributed by atoms with Crippen LogP contribution in [-0.2, 0) is 0 Å². The van der Waals surface area contributed by atoms with Crippen LogP contribution in [0.4, 0.5) is 0 Å². The molecule has 0 spiro atoms. The largest absolute Gasteiger partial charge is 0.293 e. The molecule has 3 aliphatic rings. The monoisotopic (exact) mass is 177 g/mol. The molecule has 3 rings (SSSR count). The van der Waals surface area contributed by atoms with Crippen molar-refractivity contribution in [3.05, 3.63) is 12.2 Å². The minimum absolute atomic E-state index is 0.832. The minimum Gasteiger partial charge on any atom is -0.293 e. The van der Waals surface area contributed by atoms with E-state index in [2.05, 4.69) is 17.1 Å². The number of hydrogen-bond acceptors (Lipinski definition) is 1. The van der Waals surface area contributed by atoms with Crippen LogP contribution in [0.15, 0.2) is 12.2 Å². The molecule has 3 unspecified atom stereocenters. The quantitative estimate of drug-likeness (QED) is 0.514. The van der Waals surface area contributed by atoms with Crippen molar-refractivity contribution in [1.29, 1.82) is 0 Å². The van der Waals surface area contributed by atoms with E-state index in [1.54, 1.807) is 0 Å². The molecule has 0 bridgehead atoms. The number of nitrogens with zero attached hydrogens (tertiary/aromatic N) is 1. The van der Waals surface area contributed by atoms with Gasteiger partial charge in [-0.2, -0.15) is 0 Å². The van der Waals surface area contributed by atoms with Crippen LogP contribution in [0.2, 0.25) is 0 Å². The van der Waals surface area contributed by atoms with Crippen LogP contribution in [0, 0.1) is 11.8 Å². The third kappa shape index (κ3) is 1.25. The maximum Gasteiger partial charge on any atom is 0.0312 e. The van der Waals surface area contributed by atoms with Gasteiger partial charge in [-0.1, -0.05) is 31.4 Å². The summed E-state index contributed by atoms with van der Waals surface area (Å²) < 4.78 is 0. The van der Waals surface area contributed by atoms with Gasteiger partial charge in [0.15, 0.2) is 0 Å². The van der Waals surface area contributed by atoms with Crippen LogP contribution in [0.5, 0.6) is 0 Å². The zero-order chi connectivity index (χ0) is 8.67. The van der Waals surface area contributed by atoms with E-state index in [9.17, 15) is 0 Å². The lowest BCUT2D eigenvalue weighted by Gasteiger charge is -2.44. The molecule has 1 heteroatoms. The van der Waals surface area contributed by atoms with E-state index in [1.807, 2.05) is 0 Å². The van der Waals surface area contributed by atoms with Gasteiger partial charge in [0.2, 0.25) is 0 Å². The van der Waals surface area contributed by atoms with Crippen molar-refractivity contribution in [2.75, 3.05) is 13.1 Å². The van der Waals surface area contributed by atoms with Gasteiger partial charge in [0.05, 0.1) is 0 Å². The lowest BCUT2D eigenvalue weighted by molar-refractivity contribution is 0.0646. The molecule has 1 aliphatic carbocycles. The highest BCUT2D eigenvalue weighted by Crippen LogP contribution is 2.41. The molecule has 0 aromatic carbocycles. The van der Waals surface area contributed by atoms with E-state index >= 15 is 0 Å². The predicted molar refractivity (Wildman–Crippen MR) is 54.6 cm³/mol. The molecule has 2 fully saturated rings. The molecule has 2 heterocycles.